The molecule has 0 bridgehead atoms. The van der Waals surface area contributed by atoms with Crippen LogP contribution in [0.2, 0.25) is 0 Å². The Hall–Kier alpha value is -1.03. The van der Waals surface area contributed by atoms with Crippen molar-refractivity contribution in [3.05, 3.63) is 12.2 Å². The molecule has 0 spiro atoms. The number of rotatable bonds is 3. The molecule has 0 aromatic rings. The van der Waals surface area contributed by atoms with E-state index in [9.17, 15) is 4.79 Å². The van der Waals surface area contributed by atoms with E-state index in [2.05, 4.69) is 18.8 Å². The van der Waals surface area contributed by atoms with Gasteiger partial charge in [0.05, 0.1) is 0 Å². The third-order valence-electron chi connectivity index (χ3n) is 1.17. The van der Waals surface area contributed by atoms with Crippen LogP contribution in [0.1, 0.15) is 33.1 Å². The number of Topliss-reactive ketones (excluding diaryl/α,β-unsaturated/α-hetero) is 1. The van der Waals surface area contributed by atoms with Crippen LogP contribution in [0.25, 0.3) is 0 Å². The Kier molecular flexibility index (Phi) is 6.42. The van der Waals surface area contributed by atoms with E-state index in [4.69, 9.17) is 0 Å². The number of hydrogen-bond acceptors (Lipinski definition) is 1. The van der Waals surface area contributed by atoms with Gasteiger partial charge in [0.1, 0.15) is 0 Å². The van der Waals surface area contributed by atoms with Gasteiger partial charge in [0, 0.05) is 6.92 Å². The fourth-order valence-electron chi connectivity index (χ4n) is 0.608. The van der Waals surface area contributed by atoms with E-state index in [1.807, 2.05) is 6.08 Å². The fourth-order valence-corrected chi connectivity index (χ4v) is 0.608. The third kappa shape index (κ3) is 8.97. The largest absolute Gasteiger partial charge is 0.285 e. The molecule has 60 valence electrons. The summed E-state index contributed by atoms with van der Waals surface area (Å²) in [5.74, 6) is 5.03. The maximum atomic E-state index is 10.3. The van der Waals surface area contributed by atoms with Gasteiger partial charge in [-0.3, -0.25) is 4.79 Å². The van der Waals surface area contributed by atoms with Crippen LogP contribution in [0.4, 0.5) is 0 Å². The Morgan fingerprint density at radius 3 is 2.82 bits per heavy atom. The van der Waals surface area contributed by atoms with Crippen LogP contribution in [0.15, 0.2) is 12.2 Å². The number of hydrogen-bond donors (Lipinski definition) is 0. The SMILES string of the molecule is CCCC/C=C\C#CC(C)=O. The monoisotopic (exact) mass is 150 g/mol. The van der Waals surface area contributed by atoms with Gasteiger partial charge in [-0.1, -0.05) is 31.8 Å². The fraction of sp³-hybridized carbons (Fsp3) is 0.500. The molecule has 11 heavy (non-hydrogen) atoms. The number of carbonyl (C=O) groups is 1. The average Bonchev–Trinajstić information content (AvgIpc) is 1.96. The number of ketones is 1. The Bertz CT molecular complexity index is 191. The zero-order chi connectivity index (χ0) is 8.53. The molecule has 0 saturated carbocycles. The van der Waals surface area contributed by atoms with E-state index in [-0.39, 0.29) is 5.78 Å². The molecule has 0 radical (unpaired) electrons. The second-order valence-electron chi connectivity index (χ2n) is 2.37. The quantitative estimate of drug-likeness (QED) is 0.343. The predicted molar refractivity (Wildman–Crippen MR) is 47.1 cm³/mol. The number of allylic oxidation sites excluding steroid dienone is 2. The Morgan fingerprint density at radius 2 is 2.27 bits per heavy atom. The lowest BCUT2D eigenvalue weighted by molar-refractivity contribution is -0.111. The van der Waals surface area contributed by atoms with Crippen molar-refractivity contribution in [1.29, 1.82) is 0 Å². The summed E-state index contributed by atoms with van der Waals surface area (Å²) in [6.07, 6.45) is 7.20. The van der Waals surface area contributed by atoms with Crippen molar-refractivity contribution >= 4 is 5.78 Å². The van der Waals surface area contributed by atoms with Crippen molar-refractivity contribution in [2.45, 2.75) is 33.1 Å². The van der Waals surface area contributed by atoms with Gasteiger partial charge < -0.3 is 0 Å². The molecule has 0 amide bonds. The second kappa shape index (κ2) is 7.08. The molecule has 0 aliphatic carbocycles. The molecule has 1 heteroatoms. The molecule has 0 atom stereocenters. The smallest absolute Gasteiger partial charge is 0.202 e. The zero-order valence-electron chi connectivity index (χ0n) is 7.18. The van der Waals surface area contributed by atoms with Gasteiger partial charge in [-0.25, -0.2) is 0 Å². The summed E-state index contributed by atoms with van der Waals surface area (Å²) < 4.78 is 0. The van der Waals surface area contributed by atoms with Crippen molar-refractivity contribution in [3.63, 3.8) is 0 Å². The number of unbranched alkanes of at least 4 members (excludes halogenated alkanes) is 2. The minimum Gasteiger partial charge on any atom is -0.285 e. The Morgan fingerprint density at radius 1 is 1.55 bits per heavy atom. The van der Waals surface area contributed by atoms with Gasteiger partial charge >= 0.3 is 0 Å². The van der Waals surface area contributed by atoms with Crippen LogP contribution in [0, 0.1) is 11.8 Å². The van der Waals surface area contributed by atoms with Crippen molar-refractivity contribution in [2.75, 3.05) is 0 Å². The van der Waals surface area contributed by atoms with E-state index >= 15 is 0 Å². The maximum Gasteiger partial charge on any atom is 0.202 e. The lowest BCUT2D eigenvalue weighted by Crippen LogP contribution is -1.78. The zero-order valence-corrected chi connectivity index (χ0v) is 7.18. The van der Waals surface area contributed by atoms with E-state index < -0.39 is 0 Å². The van der Waals surface area contributed by atoms with Crippen LogP contribution in [0.5, 0.6) is 0 Å². The van der Waals surface area contributed by atoms with Crippen LogP contribution >= 0.6 is 0 Å². The molecule has 0 aromatic heterocycles. The first kappa shape index (κ1) is 9.97. The normalized spacial score (nSPS) is 9.27. The number of carbonyl (C=O) groups excluding carboxylic acids is 1. The van der Waals surface area contributed by atoms with Gasteiger partial charge in [0.25, 0.3) is 0 Å². The molecule has 0 unspecified atom stereocenters. The van der Waals surface area contributed by atoms with Crippen LogP contribution < -0.4 is 0 Å². The Balaban J connectivity index is 3.46. The van der Waals surface area contributed by atoms with Gasteiger partial charge in [-0.05, 0) is 18.4 Å². The minimum absolute atomic E-state index is 0.0786. The summed E-state index contributed by atoms with van der Waals surface area (Å²) in [6.45, 7) is 3.61. The highest BCUT2D eigenvalue weighted by atomic mass is 16.1. The Labute approximate surface area is 68.5 Å². The lowest BCUT2D eigenvalue weighted by Gasteiger charge is -1.83. The molecule has 0 fully saturated rings. The van der Waals surface area contributed by atoms with E-state index in [0.29, 0.717) is 0 Å². The highest BCUT2D eigenvalue weighted by Gasteiger charge is 1.77. The first-order valence-electron chi connectivity index (χ1n) is 3.94. The van der Waals surface area contributed by atoms with Gasteiger partial charge in [0.15, 0.2) is 0 Å². The minimum atomic E-state index is -0.0786. The van der Waals surface area contributed by atoms with Gasteiger partial charge in [-0.2, -0.15) is 0 Å². The molecule has 0 rings (SSSR count). The van der Waals surface area contributed by atoms with E-state index in [0.717, 1.165) is 6.42 Å². The van der Waals surface area contributed by atoms with Crippen LogP contribution in [-0.2, 0) is 4.79 Å². The molecule has 0 aromatic carbocycles. The highest BCUT2D eigenvalue weighted by molar-refractivity contribution is 5.93. The van der Waals surface area contributed by atoms with Gasteiger partial charge in [-0.15, -0.1) is 0 Å². The molecule has 1 nitrogen and oxygen atoms in total. The average molecular weight is 150 g/mol. The molecule has 0 heterocycles. The molecule has 0 aliphatic rings. The topological polar surface area (TPSA) is 17.1 Å². The summed E-state index contributed by atoms with van der Waals surface area (Å²) in [6, 6.07) is 0. The maximum absolute atomic E-state index is 10.3. The third-order valence-corrected chi connectivity index (χ3v) is 1.17. The standard InChI is InChI=1S/C10H14O/c1-3-4-5-6-7-8-9-10(2)11/h6-7H,3-5H2,1-2H3/b7-6-. The molecular formula is C10H14O. The summed E-state index contributed by atoms with van der Waals surface area (Å²) in [7, 11) is 0. The molecule has 0 aliphatic heterocycles. The van der Waals surface area contributed by atoms with E-state index in [1.54, 1.807) is 6.08 Å². The van der Waals surface area contributed by atoms with E-state index in [1.165, 1.54) is 19.8 Å². The molecule has 0 saturated heterocycles. The first-order chi connectivity index (χ1) is 5.27. The molecular weight excluding hydrogens is 136 g/mol. The van der Waals surface area contributed by atoms with Crippen molar-refractivity contribution in [2.24, 2.45) is 0 Å². The lowest BCUT2D eigenvalue weighted by atomic mass is 10.2. The summed E-state index contributed by atoms with van der Waals surface area (Å²) in [5.41, 5.74) is 0. The van der Waals surface area contributed by atoms with Crippen molar-refractivity contribution in [3.8, 4) is 11.8 Å². The van der Waals surface area contributed by atoms with Crippen molar-refractivity contribution < 1.29 is 4.79 Å². The van der Waals surface area contributed by atoms with Crippen LogP contribution in [-0.4, -0.2) is 5.78 Å². The summed E-state index contributed by atoms with van der Waals surface area (Å²) >= 11 is 0. The summed E-state index contributed by atoms with van der Waals surface area (Å²) in [4.78, 5) is 10.3. The first-order valence-corrected chi connectivity index (χ1v) is 3.94. The summed E-state index contributed by atoms with van der Waals surface area (Å²) in [5, 5.41) is 0. The van der Waals surface area contributed by atoms with Crippen LogP contribution in [0.3, 0.4) is 0 Å². The second-order valence-corrected chi connectivity index (χ2v) is 2.37. The highest BCUT2D eigenvalue weighted by Crippen LogP contribution is 1.93. The van der Waals surface area contributed by atoms with Crippen molar-refractivity contribution in [1.82, 2.24) is 0 Å². The predicted octanol–water partition coefficient (Wildman–Crippen LogP) is 2.33. The van der Waals surface area contributed by atoms with Gasteiger partial charge in [0.2, 0.25) is 5.78 Å². The molecule has 0 N–H and O–H groups in total.